The summed E-state index contributed by atoms with van der Waals surface area (Å²) in [5.74, 6) is 0.755. The first-order chi connectivity index (χ1) is 22.5. The van der Waals surface area contributed by atoms with Gasteiger partial charge in [0.1, 0.15) is 5.75 Å². The van der Waals surface area contributed by atoms with Gasteiger partial charge in [-0.2, -0.15) is 0 Å². The third-order valence-electron chi connectivity index (χ3n) is 9.25. The summed E-state index contributed by atoms with van der Waals surface area (Å²) < 4.78 is 40.9. The number of fused-ring (bicyclic) bond motifs is 5. The van der Waals surface area contributed by atoms with Crippen LogP contribution in [0.5, 0.6) is 5.75 Å². The van der Waals surface area contributed by atoms with E-state index in [4.69, 9.17) is 16.6 Å². The molecule has 3 aliphatic rings. The molecule has 2 bridgehead atoms. The van der Waals surface area contributed by atoms with Crippen molar-refractivity contribution in [3.63, 3.8) is 0 Å². The van der Waals surface area contributed by atoms with Gasteiger partial charge in [-0.1, -0.05) is 23.3 Å². The Kier molecular flexibility index (Phi) is 9.82. The summed E-state index contributed by atoms with van der Waals surface area (Å²) in [4.78, 5) is 32.3. The van der Waals surface area contributed by atoms with Crippen LogP contribution in [-0.4, -0.2) is 53.9 Å². The van der Waals surface area contributed by atoms with Crippen LogP contribution in [0, 0.1) is 5.92 Å². The number of urea groups is 1. The molecule has 0 saturated carbocycles. The van der Waals surface area contributed by atoms with E-state index in [-0.39, 0.29) is 17.7 Å². The Balaban J connectivity index is 0.946. The number of alkyl halides is 3. The smallest absolute Gasteiger partial charge is 0.406 e. The minimum Gasteiger partial charge on any atom is -0.406 e. The second-order valence-corrected chi connectivity index (χ2v) is 13.3. The molecule has 1 saturated heterocycles. The number of hydrogen-bond acceptors (Lipinski definition) is 5. The lowest BCUT2D eigenvalue weighted by atomic mass is 9.71. The Bertz CT molecular complexity index is 1650. The fraction of sp³-hybridized carbons (Fsp3) is 0.457. The number of likely N-dealkylation sites (tertiary alicyclic amines) is 1. The minimum atomic E-state index is -4.78. The largest absolute Gasteiger partial charge is 0.573 e. The number of amides is 3. The quantitative estimate of drug-likeness (QED) is 0.158. The molecule has 0 spiro atoms. The lowest BCUT2D eigenvalue weighted by Gasteiger charge is -2.36. The van der Waals surface area contributed by atoms with Crippen LogP contribution in [0.4, 0.5) is 29.3 Å². The van der Waals surface area contributed by atoms with E-state index in [1.807, 2.05) is 17.0 Å². The van der Waals surface area contributed by atoms with Crippen LogP contribution >= 0.6 is 11.6 Å². The highest BCUT2D eigenvalue weighted by molar-refractivity contribution is 6.31. The van der Waals surface area contributed by atoms with E-state index in [1.165, 1.54) is 29.0 Å². The summed E-state index contributed by atoms with van der Waals surface area (Å²) in [6, 6.07) is 10.3. The second kappa shape index (κ2) is 14.0. The number of rotatable bonds is 9. The number of benzene rings is 2. The fourth-order valence-corrected chi connectivity index (χ4v) is 7.38. The van der Waals surface area contributed by atoms with Crippen LogP contribution in [-0.2, 0) is 11.2 Å². The summed E-state index contributed by atoms with van der Waals surface area (Å²) in [6.07, 6.45) is 4.13. The molecular formula is C35H39ClF3N5O3. The van der Waals surface area contributed by atoms with Crippen molar-refractivity contribution in [1.29, 1.82) is 0 Å². The Hall–Kier alpha value is -3.99. The van der Waals surface area contributed by atoms with Gasteiger partial charge in [0, 0.05) is 65.1 Å². The van der Waals surface area contributed by atoms with Gasteiger partial charge in [0.25, 0.3) is 0 Å². The lowest BCUT2D eigenvalue weighted by Crippen LogP contribution is -2.47. The zero-order valence-electron chi connectivity index (χ0n) is 26.3. The third-order valence-corrected chi connectivity index (χ3v) is 9.49. The number of carbonyl (C=O) groups is 2. The molecular weight excluding hydrogens is 631 g/mol. The SMILES string of the molecule is CC1=C[C@@H]2Cc3nc4cc(Cl)ccc4c(NCCCCC(=O)N4CCC(NC(=O)Nc5ccc(OC(F)(F)F)cc5)CC4)c3[C@H](C1)C2. The maximum Gasteiger partial charge on any atom is 0.573 e. The number of nitrogens with zero attached hydrogens (tertiary/aromatic N) is 2. The zero-order valence-corrected chi connectivity index (χ0v) is 27.0. The van der Waals surface area contributed by atoms with Gasteiger partial charge < -0.3 is 25.6 Å². The highest BCUT2D eigenvalue weighted by atomic mass is 35.5. The molecule has 0 radical (unpaired) electrons. The number of pyridine rings is 1. The van der Waals surface area contributed by atoms with Gasteiger partial charge in [-0.05, 0) is 106 Å². The molecule has 47 heavy (non-hydrogen) atoms. The first-order valence-electron chi connectivity index (χ1n) is 16.2. The molecule has 3 N–H and O–H groups in total. The highest BCUT2D eigenvalue weighted by Gasteiger charge is 2.34. The van der Waals surface area contributed by atoms with E-state index in [0.29, 0.717) is 54.9 Å². The predicted molar refractivity (Wildman–Crippen MR) is 177 cm³/mol. The Morgan fingerprint density at radius 2 is 1.83 bits per heavy atom. The topological polar surface area (TPSA) is 95.6 Å². The number of anilines is 2. The number of allylic oxidation sites excluding steroid dienone is 2. The molecule has 6 rings (SSSR count). The summed E-state index contributed by atoms with van der Waals surface area (Å²) in [5, 5.41) is 11.0. The highest BCUT2D eigenvalue weighted by Crippen LogP contribution is 2.47. The normalized spacial score (nSPS) is 19.5. The van der Waals surface area contributed by atoms with Crippen LogP contribution in [0.3, 0.4) is 0 Å². The van der Waals surface area contributed by atoms with Gasteiger partial charge in [-0.15, -0.1) is 13.2 Å². The average Bonchev–Trinajstić information content (AvgIpc) is 3.00. The summed E-state index contributed by atoms with van der Waals surface area (Å²) in [7, 11) is 0. The van der Waals surface area contributed by atoms with E-state index < -0.39 is 12.4 Å². The van der Waals surface area contributed by atoms with Crippen molar-refractivity contribution in [3.8, 4) is 5.75 Å². The molecule has 2 aromatic carbocycles. The molecule has 1 aromatic heterocycles. The van der Waals surface area contributed by atoms with Crippen LogP contribution in [0.25, 0.3) is 10.9 Å². The van der Waals surface area contributed by atoms with Crippen LogP contribution < -0.4 is 20.7 Å². The number of carbonyl (C=O) groups excluding carboxylic acids is 2. The maximum atomic E-state index is 13.0. The van der Waals surface area contributed by atoms with Crippen molar-refractivity contribution < 1.29 is 27.5 Å². The number of aromatic nitrogens is 1. The van der Waals surface area contributed by atoms with Crippen molar-refractivity contribution >= 4 is 45.8 Å². The molecule has 3 aromatic rings. The zero-order chi connectivity index (χ0) is 33.1. The number of ether oxygens (including phenoxy) is 1. The van der Waals surface area contributed by atoms with Crippen molar-refractivity contribution in [2.24, 2.45) is 5.92 Å². The van der Waals surface area contributed by atoms with E-state index >= 15 is 0 Å². The van der Waals surface area contributed by atoms with E-state index in [2.05, 4.69) is 39.8 Å². The minimum absolute atomic E-state index is 0.106. The summed E-state index contributed by atoms with van der Waals surface area (Å²) in [6.45, 7) is 4.09. The molecule has 2 heterocycles. The number of unbranched alkanes of at least 4 members (excludes halogenated alkanes) is 1. The maximum absolute atomic E-state index is 13.0. The van der Waals surface area contributed by atoms with E-state index in [1.54, 1.807) is 0 Å². The second-order valence-electron chi connectivity index (χ2n) is 12.8. The molecule has 8 nitrogen and oxygen atoms in total. The van der Waals surface area contributed by atoms with Gasteiger partial charge >= 0.3 is 12.4 Å². The molecule has 2 aliphatic carbocycles. The first kappa shape index (κ1) is 32.9. The first-order valence-corrected chi connectivity index (χ1v) is 16.6. The summed E-state index contributed by atoms with van der Waals surface area (Å²) in [5.41, 5.74) is 6.39. The van der Waals surface area contributed by atoms with Gasteiger partial charge in [0.15, 0.2) is 0 Å². The standard InChI is InChI=1S/C35H39ClF3N5O3/c1-21-16-22-18-23(17-21)32-30(19-22)43-29-20-24(36)5-10-28(29)33(32)40-13-3-2-4-31(45)44-14-11-26(12-15-44)42-34(46)41-25-6-8-27(9-7-25)47-35(37,38)39/h5-10,16,20,22-23,26H,2-4,11-15,17-19H2,1H3,(H,40,43)(H2,41,42,46)/t22-,23+/m0/s1. The predicted octanol–water partition coefficient (Wildman–Crippen LogP) is 8.18. The lowest BCUT2D eigenvalue weighted by molar-refractivity contribution is -0.274. The molecule has 0 unspecified atom stereocenters. The fourth-order valence-electron chi connectivity index (χ4n) is 7.21. The van der Waals surface area contributed by atoms with Crippen molar-refractivity contribution in [3.05, 3.63) is 70.4 Å². The van der Waals surface area contributed by atoms with E-state index in [0.717, 1.165) is 67.4 Å². The van der Waals surface area contributed by atoms with Gasteiger partial charge in [0.2, 0.25) is 5.91 Å². The Morgan fingerprint density at radius 1 is 1.06 bits per heavy atom. The van der Waals surface area contributed by atoms with Crippen molar-refractivity contribution in [1.82, 2.24) is 15.2 Å². The number of piperidine rings is 1. The van der Waals surface area contributed by atoms with E-state index in [9.17, 15) is 22.8 Å². The molecule has 3 amide bonds. The van der Waals surface area contributed by atoms with Crippen LogP contribution in [0.15, 0.2) is 54.1 Å². The average molecular weight is 670 g/mol. The van der Waals surface area contributed by atoms with Crippen molar-refractivity contribution in [2.45, 2.75) is 76.6 Å². The Morgan fingerprint density at radius 3 is 2.57 bits per heavy atom. The van der Waals surface area contributed by atoms with Gasteiger partial charge in [0.05, 0.1) is 5.52 Å². The summed E-state index contributed by atoms with van der Waals surface area (Å²) >= 11 is 6.33. The van der Waals surface area contributed by atoms with Crippen molar-refractivity contribution in [2.75, 3.05) is 30.3 Å². The monoisotopic (exact) mass is 669 g/mol. The van der Waals surface area contributed by atoms with Gasteiger partial charge in [-0.3, -0.25) is 9.78 Å². The number of hydrogen-bond donors (Lipinski definition) is 3. The van der Waals surface area contributed by atoms with Crippen LogP contribution in [0.2, 0.25) is 5.02 Å². The Labute approximate surface area is 277 Å². The third kappa shape index (κ3) is 8.30. The van der Waals surface area contributed by atoms with Gasteiger partial charge in [-0.25, -0.2) is 4.79 Å². The molecule has 250 valence electrons. The molecule has 12 heteroatoms. The number of halogens is 4. The molecule has 2 atom stereocenters. The number of nitrogens with one attached hydrogen (secondary N) is 3. The molecule has 1 aliphatic heterocycles. The van der Waals surface area contributed by atoms with Crippen LogP contribution in [0.1, 0.15) is 69.0 Å². The molecule has 1 fully saturated rings.